The number of hydrogen-bond donors (Lipinski definition) is 2. The highest BCUT2D eigenvalue weighted by atomic mass is 32.2. The van der Waals surface area contributed by atoms with Crippen molar-refractivity contribution in [3.8, 4) is 0 Å². The first kappa shape index (κ1) is 12.9. The summed E-state index contributed by atoms with van der Waals surface area (Å²) in [5.41, 5.74) is 1.19. The van der Waals surface area contributed by atoms with Crippen LogP contribution in [0.3, 0.4) is 0 Å². The molecule has 0 saturated heterocycles. The van der Waals surface area contributed by atoms with E-state index in [2.05, 4.69) is 18.5 Å². The molecule has 0 fully saturated rings. The summed E-state index contributed by atoms with van der Waals surface area (Å²) < 4.78 is 0. The molecular weight excluding hydrogens is 222 g/mol. The van der Waals surface area contributed by atoms with E-state index in [9.17, 15) is 4.79 Å². The van der Waals surface area contributed by atoms with Crippen LogP contribution in [0.2, 0.25) is 0 Å². The highest BCUT2D eigenvalue weighted by Crippen LogP contribution is 2.13. The van der Waals surface area contributed by atoms with Gasteiger partial charge in [-0.25, -0.2) is 4.79 Å². The smallest absolute Gasteiger partial charge is 0.335 e. The molecule has 0 amide bonds. The summed E-state index contributed by atoms with van der Waals surface area (Å²) in [6.07, 6.45) is 3.15. The Morgan fingerprint density at radius 2 is 2.31 bits per heavy atom. The molecule has 88 valence electrons. The highest BCUT2D eigenvalue weighted by molar-refractivity contribution is 7.98. The van der Waals surface area contributed by atoms with Crippen molar-refractivity contribution in [2.75, 3.05) is 17.3 Å². The van der Waals surface area contributed by atoms with Crippen molar-refractivity contribution in [2.45, 2.75) is 19.4 Å². The lowest BCUT2D eigenvalue weighted by Crippen LogP contribution is -2.16. The maximum Gasteiger partial charge on any atom is 0.335 e. The molecule has 0 bridgehead atoms. The fourth-order valence-corrected chi connectivity index (χ4v) is 1.98. The van der Waals surface area contributed by atoms with Gasteiger partial charge in [-0.3, -0.25) is 0 Å². The number of carboxylic acid groups (broad SMARTS) is 1. The van der Waals surface area contributed by atoms with Crippen molar-refractivity contribution in [1.82, 2.24) is 0 Å². The molecule has 0 spiro atoms. The van der Waals surface area contributed by atoms with Gasteiger partial charge in [0.05, 0.1) is 5.56 Å². The Bertz CT molecular complexity index is 355. The fraction of sp³-hybridized carbons (Fsp3) is 0.417. The van der Waals surface area contributed by atoms with Crippen LogP contribution in [0.1, 0.15) is 23.7 Å². The van der Waals surface area contributed by atoms with Gasteiger partial charge in [-0.15, -0.1) is 0 Å². The summed E-state index contributed by atoms with van der Waals surface area (Å²) in [4.78, 5) is 10.8. The molecule has 0 aliphatic heterocycles. The molecule has 1 atom stereocenters. The number of carbonyl (C=O) groups is 1. The number of rotatable bonds is 6. The molecule has 2 N–H and O–H groups in total. The minimum Gasteiger partial charge on any atom is -0.478 e. The zero-order chi connectivity index (χ0) is 12.0. The molecule has 1 unspecified atom stereocenters. The first-order chi connectivity index (χ1) is 7.63. The zero-order valence-electron chi connectivity index (χ0n) is 9.56. The van der Waals surface area contributed by atoms with Crippen LogP contribution in [0.4, 0.5) is 5.69 Å². The van der Waals surface area contributed by atoms with Gasteiger partial charge in [-0.1, -0.05) is 6.07 Å². The molecule has 0 aromatic heterocycles. The van der Waals surface area contributed by atoms with Gasteiger partial charge in [-0.2, -0.15) is 11.8 Å². The average molecular weight is 239 g/mol. The van der Waals surface area contributed by atoms with E-state index in [-0.39, 0.29) is 0 Å². The van der Waals surface area contributed by atoms with Crippen molar-refractivity contribution in [1.29, 1.82) is 0 Å². The van der Waals surface area contributed by atoms with E-state index in [1.165, 1.54) is 0 Å². The first-order valence-corrected chi connectivity index (χ1v) is 6.61. The number of aromatic carboxylic acids is 1. The number of anilines is 1. The Hall–Kier alpha value is -1.16. The lowest BCUT2D eigenvalue weighted by molar-refractivity contribution is 0.0697. The number of hydrogen-bond acceptors (Lipinski definition) is 3. The molecule has 1 rings (SSSR count). The zero-order valence-corrected chi connectivity index (χ0v) is 10.4. The predicted molar refractivity (Wildman–Crippen MR) is 69.5 cm³/mol. The minimum atomic E-state index is -0.889. The van der Waals surface area contributed by atoms with E-state index >= 15 is 0 Å². The second kappa shape index (κ2) is 6.43. The van der Waals surface area contributed by atoms with E-state index in [4.69, 9.17) is 5.11 Å². The van der Waals surface area contributed by atoms with Gasteiger partial charge in [0, 0.05) is 11.7 Å². The molecule has 0 heterocycles. The Morgan fingerprint density at radius 1 is 1.56 bits per heavy atom. The second-order valence-corrected chi connectivity index (χ2v) is 4.70. The maximum absolute atomic E-state index is 10.8. The van der Waals surface area contributed by atoms with Gasteiger partial charge in [0.15, 0.2) is 0 Å². The normalized spacial score (nSPS) is 12.1. The largest absolute Gasteiger partial charge is 0.478 e. The van der Waals surface area contributed by atoms with Crippen molar-refractivity contribution in [2.24, 2.45) is 0 Å². The molecule has 1 aromatic rings. The number of benzene rings is 1. The average Bonchev–Trinajstić information content (AvgIpc) is 2.26. The van der Waals surface area contributed by atoms with Gasteiger partial charge in [0.1, 0.15) is 0 Å². The SMILES string of the molecule is CSCCC(C)Nc1cccc(C(=O)O)c1. The van der Waals surface area contributed by atoms with Crippen LogP contribution in [0.5, 0.6) is 0 Å². The maximum atomic E-state index is 10.8. The van der Waals surface area contributed by atoms with Crippen LogP contribution < -0.4 is 5.32 Å². The summed E-state index contributed by atoms with van der Waals surface area (Å²) in [6, 6.07) is 7.27. The molecule has 0 aliphatic rings. The molecular formula is C12H17NO2S. The molecule has 3 nitrogen and oxygen atoms in total. The quantitative estimate of drug-likeness (QED) is 0.801. The molecule has 16 heavy (non-hydrogen) atoms. The van der Waals surface area contributed by atoms with E-state index in [0.29, 0.717) is 11.6 Å². The monoisotopic (exact) mass is 239 g/mol. The Labute approximate surface area is 100 Å². The topological polar surface area (TPSA) is 49.3 Å². The third-order valence-electron chi connectivity index (χ3n) is 2.28. The van der Waals surface area contributed by atoms with Gasteiger partial charge in [0.2, 0.25) is 0 Å². The van der Waals surface area contributed by atoms with E-state index < -0.39 is 5.97 Å². The van der Waals surface area contributed by atoms with Crippen LogP contribution >= 0.6 is 11.8 Å². The number of carboxylic acids is 1. The van der Waals surface area contributed by atoms with Crippen LogP contribution in [-0.4, -0.2) is 29.1 Å². The Morgan fingerprint density at radius 3 is 2.94 bits per heavy atom. The van der Waals surface area contributed by atoms with Gasteiger partial charge in [0.25, 0.3) is 0 Å². The molecule has 0 radical (unpaired) electrons. The first-order valence-electron chi connectivity index (χ1n) is 5.22. The standard InChI is InChI=1S/C12H17NO2S/c1-9(6-7-16-2)13-11-5-3-4-10(8-11)12(14)15/h3-5,8-9,13H,6-7H2,1-2H3,(H,14,15). The van der Waals surface area contributed by atoms with Crippen LogP contribution in [0.15, 0.2) is 24.3 Å². The van der Waals surface area contributed by atoms with Crippen LogP contribution in [0, 0.1) is 0 Å². The van der Waals surface area contributed by atoms with E-state index in [1.54, 1.807) is 18.2 Å². The van der Waals surface area contributed by atoms with Gasteiger partial charge in [-0.05, 0) is 43.6 Å². The minimum absolute atomic E-state index is 0.321. The molecule has 0 saturated carbocycles. The van der Waals surface area contributed by atoms with Crippen molar-refractivity contribution in [3.05, 3.63) is 29.8 Å². The summed E-state index contributed by atoms with van der Waals surface area (Å²) >= 11 is 1.81. The summed E-state index contributed by atoms with van der Waals surface area (Å²) in [6.45, 7) is 2.10. The van der Waals surface area contributed by atoms with Gasteiger partial charge < -0.3 is 10.4 Å². The van der Waals surface area contributed by atoms with E-state index in [0.717, 1.165) is 17.9 Å². The molecule has 1 aromatic carbocycles. The Balaban J connectivity index is 2.59. The highest BCUT2D eigenvalue weighted by Gasteiger charge is 2.05. The van der Waals surface area contributed by atoms with Crippen LogP contribution in [-0.2, 0) is 0 Å². The summed E-state index contributed by atoms with van der Waals surface area (Å²) in [5, 5.41) is 12.1. The third kappa shape index (κ3) is 4.14. The third-order valence-corrected chi connectivity index (χ3v) is 2.92. The number of thioether (sulfide) groups is 1. The molecule has 4 heteroatoms. The fourth-order valence-electron chi connectivity index (χ4n) is 1.39. The van der Waals surface area contributed by atoms with Crippen LogP contribution in [0.25, 0.3) is 0 Å². The Kier molecular flexibility index (Phi) is 5.19. The summed E-state index contributed by atoms with van der Waals surface area (Å²) in [7, 11) is 0. The van der Waals surface area contributed by atoms with Crippen molar-refractivity contribution in [3.63, 3.8) is 0 Å². The second-order valence-electron chi connectivity index (χ2n) is 3.71. The number of nitrogens with one attached hydrogen (secondary N) is 1. The lowest BCUT2D eigenvalue weighted by atomic mass is 10.2. The lowest BCUT2D eigenvalue weighted by Gasteiger charge is -2.14. The van der Waals surface area contributed by atoms with Crippen molar-refractivity contribution >= 4 is 23.4 Å². The summed E-state index contributed by atoms with van der Waals surface area (Å²) in [5.74, 6) is 0.215. The van der Waals surface area contributed by atoms with Gasteiger partial charge >= 0.3 is 5.97 Å². The van der Waals surface area contributed by atoms with Crippen molar-refractivity contribution < 1.29 is 9.90 Å². The van der Waals surface area contributed by atoms with E-state index in [1.807, 2.05) is 17.8 Å². The molecule has 0 aliphatic carbocycles. The predicted octanol–water partition coefficient (Wildman–Crippen LogP) is 2.94.